The Labute approximate surface area is 238 Å². The van der Waals surface area contributed by atoms with E-state index < -0.39 is 40.2 Å². The Balaban J connectivity index is 2.10. The molecule has 2 amide bonds. The third-order valence-electron chi connectivity index (χ3n) is 6.01. The van der Waals surface area contributed by atoms with Gasteiger partial charge in [0, 0.05) is 35.1 Å². The fourth-order valence-corrected chi connectivity index (χ4v) is 5.39. The summed E-state index contributed by atoms with van der Waals surface area (Å²) in [7, 11) is -4.08. The first-order valence-electron chi connectivity index (χ1n) is 12.3. The fourth-order valence-electron chi connectivity index (χ4n) is 4.02. The van der Waals surface area contributed by atoms with E-state index >= 15 is 0 Å². The Hall–Kier alpha value is -3.14. The van der Waals surface area contributed by atoms with Crippen molar-refractivity contribution in [2.24, 2.45) is 0 Å². The van der Waals surface area contributed by atoms with Crippen LogP contribution in [0, 0.1) is 5.82 Å². The van der Waals surface area contributed by atoms with Gasteiger partial charge in [-0.05, 0) is 36.2 Å². The number of nitrogens with zero attached hydrogens (tertiary/aromatic N) is 2. The minimum absolute atomic E-state index is 0.142. The van der Waals surface area contributed by atoms with Crippen LogP contribution in [0.25, 0.3) is 0 Å². The molecule has 39 heavy (non-hydrogen) atoms. The van der Waals surface area contributed by atoms with E-state index in [0.29, 0.717) is 22.8 Å². The number of rotatable bonds is 12. The molecule has 1 unspecified atom stereocenters. The molecule has 0 aliphatic carbocycles. The maximum atomic E-state index is 14.7. The quantitative estimate of drug-likeness (QED) is 0.318. The molecular weight excluding hydrogens is 564 g/mol. The Morgan fingerprint density at radius 1 is 0.949 bits per heavy atom. The summed E-state index contributed by atoms with van der Waals surface area (Å²) in [6, 6.07) is 18.2. The van der Waals surface area contributed by atoms with Crippen molar-refractivity contribution in [3.8, 4) is 0 Å². The molecule has 0 bridgehead atoms. The molecule has 3 rings (SSSR count). The number of amides is 2. The largest absolute Gasteiger partial charge is 0.354 e. The Morgan fingerprint density at radius 2 is 1.56 bits per heavy atom. The van der Waals surface area contributed by atoms with E-state index in [9.17, 15) is 22.4 Å². The maximum absolute atomic E-state index is 14.7. The van der Waals surface area contributed by atoms with Gasteiger partial charge in [-0.3, -0.25) is 13.9 Å². The summed E-state index contributed by atoms with van der Waals surface area (Å²) in [6.07, 6.45) is 1.70. The van der Waals surface area contributed by atoms with Gasteiger partial charge in [-0.25, -0.2) is 12.8 Å². The Bertz CT molecular complexity index is 1390. The molecule has 7 nitrogen and oxygen atoms in total. The second-order valence-electron chi connectivity index (χ2n) is 8.94. The lowest BCUT2D eigenvalue weighted by Gasteiger charge is -2.34. The van der Waals surface area contributed by atoms with E-state index in [1.54, 1.807) is 18.2 Å². The number of benzene rings is 3. The summed E-state index contributed by atoms with van der Waals surface area (Å²) in [6.45, 7) is 1.36. The molecular formula is C28H30Cl2FN3O4S. The van der Waals surface area contributed by atoms with Gasteiger partial charge in [-0.1, -0.05) is 78.7 Å². The molecule has 208 valence electrons. The maximum Gasteiger partial charge on any atom is 0.244 e. The monoisotopic (exact) mass is 593 g/mol. The van der Waals surface area contributed by atoms with Crippen LogP contribution in [0.5, 0.6) is 0 Å². The molecule has 0 saturated carbocycles. The molecule has 1 atom stereocenters. The topological polar surface area (TPSA) is 86.8 Å². The molecule has 0 saturated heterocycles. The van der Waals surface area contributed by atoms with Crippen molar-refractivity contribution in [1.29, 1.82) is 0 Å². The number of hydrogen-bond donors (Lipinski definition) is 1. The molecule has 3 aromatic rings. The second kappa shape index (κ2) is 13.8. The molecule has 0 aliphatic rings. The van der Waals surface area contributed by atoms with Crippen molar-refractivity contribution in [1.82, 2.24) is 10.2 Å². The van der Waals surface area contributed by atoms with E-state index in [0.717, 1.165) is 17.9 Å². The van der Waals surface area contributed by atoms with E-state index in [4.69, 9.17) is 23.2 Å². The number of carbonyl (C=O) groups is 2. The van der Waals surface area contributed by atoms with Gasteiger partial charge in [0.25, 0.3) is 0 Å². The van der Waals surface area contributed by atoms with Gasteiger partial charge in [0.1, 0.15) is 18.4 Å². The normalized spacial score (nSPS) is 12.0. The first kappa shape index (κ1) is 30.4. The van der Waals surface area contributed by atoms with Gasteiger partial charge < -0.3 is 10.2 Å². The number of sulfonamides is 1. The summed E-state index contributed by atoms with van der Waals surface area (Å²) >= 11 is 12.8. The Kier molecular flexibility index (Phi) is 10.7. The van der Waals surface area contributed by atoms with Crippen molar-refractivity contribution in [2.75, 3.05) is 23.7 Å². The van der Waals surface area contributed by atoms with Gasteiger partial charge in [0.05, 0.1) is 11.9 Å². The fraction of sp³-hybridized carbons (Fsp3) is 0.286. The standard InChI is InChI=1S/C28H30Cl2FN3O4S/c1-3-16-32-28(36)26(17-20-10-5-4-6-11-20)33(18-21-22(29)12-9-13-23(21)30)27(35)19-34(39(2,37)38)25-15-8-7-14-24(25)31/h4-15,26H,3,16-19H2,1-2H3,(H,32,36). The average Bonchev–Trinajstić information content (AvgIpc) is 2.89. The molecule has 0 aliphatic heterocycles. The highest BCUT2D eigenvalue weighted by Crippen LogP contribution is 2.28. The number of anilines is 1. The zero-order valence-corrected chi connectivity index (χ0v) is 23.9. The van der Waals surface area contributed by atoms with Gasteiger partial charge in [-0.15, -0.1) is 0 Å². The lowest BCUT2D eigenvalue weighted by atomic mass is 10.0. The summed E-state index contributed by atoms with van der Waals surface area (Å²) in [4.78, 5) is 28.7. The van der Waals surface area contributed by atoms with Gasteiger partial charge in [-0.2, -0.15) is 0 Å². The first-order chi connectivity index (χ1) is 18.5. The van der Waals surface area contributed by atoms with Crippen molar-refractivity contribution in [2.45, 2.75) is 32.4 Å². The molecule has 0 fully saturated rings. The Morgan fingerprint density at radius 3 is 2.15 bits per heavy atom. The van der Waals surface area contributed by atoms with Crippen LogP contribution in [0.1, 0.15) is 24.5 Å². The third-order valence-corrected chi connectivity index (χ3v) is 7.85. The minimum Gasteiger partial charge on any atom is -0.354 e. The molecule has 11 heteroatoms. The van der Waals surface area contributed by atoms with Crippen LogP contribution < -0.4 is 9.62 Å². The smallest absolute Gasteiger partial charge is 0.244 e. The lowest BCUT2D eigenvalue weighted by molar-refractivity contribution is -0.140. The number of para-hydroxylation sites is 1. The van der Waals surface area contributed by atoms with Crippen LogP contribution in [-0.4, -0.2) is 50.5 Å². The van der Waals surface area contributed by atoms with Gasteiger partial charge >= 0.3 is 0 Å². The van der Waals surface area contributed by atoms with E-state index in [-0.39, 0.29) is 28.7 Å². The molecule has 0 heterocycles. The summed E-state index contributed by atoms with van der Waals surface area (Å²) in [5.41, 5.74) is 0.901. The van der Waals surface area contributed by atoms with Gasteiger partial charge in [0.15, 0.2) is 0 Å². The summed E-state index contributed by atoms with van der Waals surface area (Å²) in [5.74, 6) is -1.96. The molecule has 1 N–H and O–H groups in total. The highest BCUT2D eigenvalue weighted by molar-refractivity contribution is 7.92. The number of nitrogens with one attached hydrogen (secondary N) is 1. The number of carbonyl (C=O) groups excluding carboxylic acids is 2. The average molecular weight is 595 g/mol. The molecule has 3 aromatic carbocycles. The van der Waals surface area contributed by atoms with Crippen LogP contribution in [0.15, 0.2) is 72.8 Å². The summed E-state index contributed by atoms with van der Waals surface area (Å²) in [5, 5.41) is 3.40. The van der Waals surface area contributed by atoms with Crippen molar-refractivity contribution in [3.05, 3.63) is 99.8 Å². The summed E-state index contributed by atoms with van der Waals surface area (Å²) < 4.78 is 40.8. The highest BCUT2D eigenvalue weighted by atomic mass is 35.5. The number of hydrogen-bond acceptors (Lipinski definition) is 4. The molecule has 0 spiro atoms. The lowest BCUT2D eigenvalue weighted by Crippen LogP contribution is -2.53. The third kappa shape index (κ3) is 8.17. The van der Waals surface area contributed by atoms with Crippen LogP contribution in [-0.2, 0) is 32.6 Å². The van der Waals surface area contributed by atoms with Crippen LogP contribution in [0.4, 0.5) is 10.1 Å². The van der Waals surface area contributed by atoms with Gasteiger partial charge in [0.2, 0.25) is 21.8 Å². The van der Waals surface area contributed by atoms with Crippen molar-refractivity contribution < 1.29 is 22.4 Å². The highest BCUT2D eigenvalue weighted by Gasteiger charge is 2.34. The SMILES string of the molecule is CCCNC(=O)C(Cc1ccccc1)N(Cc1c(Cl)cccc1Cl)C(=O)CN(c1ccccc1F)S(C)(=O)=O. The molecule has 0 aromatic heterocycles. The minimum atomic E-state index is -4.08. The van der Waals surface area contributed by atoms with Crippen LogP contribution >= 0.6 is 23.2 Å². The van der Waals surface area contributed by atoms with E-state index in [2.05, 4.69) is 5.32 Å². The number of halogens is 3. The van der Waals surface area contributed by atoms with Crippen molar-refractivity contribution in [3.63, 3.8) is 0 Å². The van der Waals surface area contributed by atoms with Crippen LogP contribution in [0.2, 0.25) is 10.0 Å². The predicted molar refractivity (Wildman–Crippen MR) is 153 cm³/mol. The van der Waals surface area contributed by atoms with Crippen LogP contribution in [0.3, 0.4) is 0 Å². The zero-order chi connectivity index (χ0) is 28.6. The second-order valence-corrected chi connectivity index (χ2v) is 11.7. The zero-order valence-electron chi connectivity index (χ0n) is 21.6. The van der Waals surface area contributed by atoms with E-state index in [1.807, 2.05) is 37.3 Å². The first-order valence-corrected chi connectivity index (χ1v) is 14.9. The van der Waals surface area contributed by atoms with Crippen molar-refractivity contribution >= 4 is 50.7 Å². The molecule has 0 radical (unpaired) electrons. The van der Waals surface area contributed by atoms with E-state index in [1.165, 1.54) is 23.1 Å². The predicted octanol–water partition coefficient (Wildman–Crippen LogP) is 5.06.